The highest BCUT2D eigenvalue weighted by molar-refractivity contribution is 5.12. The van der Waals surface area contributed by atoms with Crippen LogP contribution in [0.1, 0.15) is 43.1 Å². The lowest BCUT2D eigenvalue weighted by Gasteiger charge is -2.11. The maximum absolute atomic E-state index is 6.12. The Morgan fingerprint density at radius 2 is 2.36 bits per heavy atom. The highest BCUT2D eigenvalue weighted by Crippen LogP contribution is 2.35. The van der Waals surface area contributed by atoms with Crippen LogP contribution in [0.15, 0.2) is 6.07 Å². The van der Waals surface area contributed by atoms with E-state index in [0.717, 1.165) is 18.0 Å². The van der Waals surface area contributed by atoms with E-state index in [4.69, 9.17) is 5.73 Å². The lowest BCUT2D eigenvalue weighted by Crippen LogP contribution is -2.14. The Balaban J connectivity index is 1.94. The van der Waals surface area contributed by atoms with Crippen LogP contribution in [0.2, 0.25) is 0 Å². The minimum absolute atomic E-state index is 0.168. The molecular formula is C11H19N3. The third-order valence-corrected chi connectivity index (χ3v) is 3.00. The Hall–Kier alpha value is -0.830. The van der Waals surface area contributed by atoms with Crippen LogP contribution in [-0.2, 0) is 7.05 Å². The molecule has 3 nitrogen and oxygen atoms in total. The zero-order valence-corrected chi connectivity index (χ0v) is 9.03. The Morgan fingerprint density at radius 1 is 1.64 bits per heavy atom. The molecule has 0 aromatic carbocycles. The molecule has 0 bridgehead atoms. The van der Waals surface area contributed by atoms with Crippen molar-refractivity contribution >= 4 is 0 Å². The zero-order chi connectivity index (χ0) is 10.1. The molecular weight excluding hydrogens is 174 g/mol. The Bertz CT molecular complexity index is 312. The Labute approximate surface area is 85.3 Å². The summed E-state index contributed by atoms with van der Waals surface area (Å²) in [4.78, 5) is 0. The summed E-state index contributed by atoms with van der Waals surface area (Å²) in [7, 11) is 1.97. The van der Waals surface area contributed by atoms with E-state index in [2.05, 4.69) is 11.2 Å². The van der Waals surface area contributed by atoms with E-state index in [1.807, 2.05) is 18.7 Å². The van der Waals surface area contributed by atoms with E-state index in [9.17, 15) is 0 Å². The molecule has 0 spiro atoms. The van der Waals surface area contributed by atoms with Gasteiger partial charge in [0.15, 0.2) is 0 Å². The van der Waals surface area contributed by atoms with Crippen LogP contribution in [0.5, 0.6) is 0 Å². The van der Waals surface area contributed by atoms with Gasteiger partial charge in [0, 0.05) is 13.1 Å². The second kappa shape index (κ2) is 3.73. The smallest absolute Gasteiger partial charge is 0.0597 e. The van der Waals surface area contributed by atoms with Gasteiger partial charge in [-0.2, -0.15) is 5.10 Å². The molecule has 0 radical (unpaired) electrons. The first kappa shape index (κ1) is 9.71. The van der Waals surface area contributed by atoms with E-state index in [1.165, 1.54) is 25.0 Å². The van der Waals surface area contributed by atoms with E-state index < -0.39 is 0 Å². The molecule has 1 aromatic rings. The van der Waals surface area contributed by atoms with E-state index in [0.29, 0.717) is 0 Å². The average Bonchev–Trinajstić information content (AvgIpc) is 2.88. The molecule has 3 heteroatoms. The monoisotopic (exact) mass is 193 g/mol. The fraction of sp³-hybridized carbons (Fsp3) is 0.727. The van der Waals surface area contributed by atoms with Crippen molar-refractivity contribution < 1.29 is 0 Å². The summed E-state index contributed by atoms with van der Waals surface area (Å²) in [6.07, 6.45) is 5.21. The highest BCUT2D eigenvalue weighted by atomic mass is 15.3. The predicted octanol–water partition coefficient (Wildman–Crippen LogP) is 1.92. The topological polar surface area (TPSA) is 43.8 Å². The molecule has 1 aromatic heterocycles. The molecule has 14 heavy (non-hydrogen) atoms. The summed E-state index contributed by atoms with van der Waals surface area (Å²) >= 11 is 0. The lowest BCUT2D eigenvalue weighted by atomic mass is 10.1. The van der Waals surface area contributed by atoms with E-state index in [-0.39, 0.29) is 6.04 Å². The SMILES string of the molecule is Cc1cc(C(N)CCC2CC2)n(C)n1. The molecule has 1 heterocycles. The minimum Gasteiger partial charge on any atom is -0.323 e. The van der Waals surface area contributed by atoms with Crippen molar-refractivity contribution in [1.29, 1.82) is 0 Å². The zero-order valence-electron chi connectivity index (χ0n) is 9.03. The van der Waals surface area contributed by atoms with Crippen LogP contribution in [0.25, 0.3) is 0 Å². The number of nitrogens with zero attached hydrogens (tertiary/aromatic N) is 2. The lowest BCUT2D eigenvalue weighted by molar-refractivity contribution is 0.537. The maximum Gasteiger partial charge on any atom is 0.0597 e. The van der Waals surface area contributed by atoms with Gasteiger partial charge in [-0.1, -0.05) is 12.8 Å². The molecule has 2 N–H and O–H groups in total. The van der Waals surface area contributed by atoms with E-state index in [1.54, 1.807) is 0 Å². The van der Waals surface area contributed by atoms with Crippen molar-refractivity contribution in [2.24, 2.45) is 18.7 Å². The molecule has 0 amide bonds. The maximum atomic E-state index is 6.12. The Morgan fingerprint density at radius 3 is 2.86 bits per heavy atom. The summed E-state index contributed by atoms with van der Waals surface area (Å²) in [5.74, 6) is 0.968. The fourth-order valence-electron chi connectivity index (χ4n) is 1.95. The summed E-state index contributed by atoms with van der Waals surface area (Å²) in [6.45, 7) is 2.01. The van der Waals surface area contributed by atoms with Gasteiger partial charge in [-0.3, -0.25) is 4.68 Å². The van der Waals surface area contributed by atoms with Gasteiger partial charge >= 0.3 is 0 Å². The number of hydrogen-bond donors (Lipinski definition) is 1. The number of hydrogen-bond acceptors (Lipinski definition) is 2. The molecule has 78 valence electrons. The molecule has 1 aliphatic carbocycles. The van der Waals surface area contributed by atoms with Gasteiger partial charge in [0.2, 0.25) is 0 Å². The first-order valence-corrected chi connectivity index (χ1v) is 5.43. The van der Waals surface area contributed by atoms with Gasteiger partial charge in [0.25, 0.3) is 0 Å². The Kier molecular flexibility index (Phi) is 2.59. The van der Waals surface area contributed by atoms with E-state index >= 15 is 0 Å². The van der Waals surface area contributed by atoms with Crippen molar-refractivity contribution in [3.63, 3.8) is 0 Å². The summed E-state index contributed by atoms with van der Waals surface area (Å²) in [5.41, 5.74) is 8.35. The molecule has 0 aliphatic heterocycles. The third kappa shape index (κ3) is 2.15. The second-order valence-electron chi connectivity index (χ2n) is 4.46. The van der Waals surface area contributed by atoms with Crippen molar-refractivity contribution in [1.82, 2.24) is 9.78 Å². The number of aromatic nitrogens is 2. The van der Waals surface area contributed by atoms with Crippen molar-refractivity contribution in [3.05, 3.63) is 17.5 Å². The van der Waals surface area contributed by atoms with Gasteiger partial charge in [-0.15, -0.1) is 0 Å². The number of rotatable bonds is 4. The highest BCUT2D eigenvalue weighted by Gasteiger charge is 2.22. The van der Waals surface area contributed by atoms with Crippen LogP contribution in [0, 0.1) is 12.8 Å². The van der Waals surface area contributed by atoms with Crippen LogP contribution < -0.4 is 5.73 Å². The minimum atomic E-state index is 0.168. The normalized spacial score (nSPS) is 18.5. The van der Waals surface area contributed by atoms with Crippen LogP contribution in [0.3, 0.4) is 0 Å². The van der Waals surface area contributed by atoms with Gasteiger partial charge < -0.3 is 5.73 Å². The number of nitrogens with two attached hydrogens (primary N) is 1. The standard InChI is InChI=1S/C11H19N3/c1-8-7-11(14(2)13-8)10(12)6-5-9-3-4-9/h7,9-10H,3-6,12H2,1-2H3. The first-order chi connectivity index (χ1) is 6.66. The molecule has 1 saturated carbocycles. The molecule has 0 saturated heterocycles. The molecule has 1 unspecified atom stereocenters. The van der Waals surface area contributed by atoms with Crippen molar-refractivity contribution in [3.8, 4) is 0 Å². The third-order valence-electron chi connectivity index (χ3n) is 3.00. The first-order valence-electron chi connectivity index (χ1n) is 5.43. The molecule has 1 fully saturated rings. The number of aryl methyl sites for hydroxylation is 2. The quantitative estimate of drug-likeness (QED) is 0.794. The summed E-state index contributed by atoms with van der Waals surface area (Å²) in [6, 6.07) is 2.26. The largest absolute Gasteiger partial charge is 0.323 e. The predicted molar refractivity (Wildman–Crippen MR) is 56.8 cm³/mol. The van der Waals surface area contributed by atoms with Gasteiger partial charge in [0.1, 0.15) is 0 Å². The average molecular weight is 193 g/mol. The summed E-state index contributed by atoms with van der Waals surface area (Å²) in [5, 5.41) is 4.31. The second-order valence-corrected chi connectivity index (χ2v) is 4.46. The molecule has 2 rings (SSSR count). The van der Waals surface area contributed by atoms with Crippen LogP contribution in [-0.4, -0.2) is 9.78 Å². The molecule has 1 atom stereocenters. The molecule has 1 aliphatic rings. The fourth-order valence-corrected chi connectivity index (χ4v) is 1.95. The van der Waals surface area contributed by atoms with Crippen LogP contribution in [0.4, 0.5) is 0 Å². The van der Waals surface area contributed by atoms with Crippen molar-refractivity contribution in [2.45, 2.75) is 38.6 Å². The van der Waals surface area contributed by atoms with Gasteiger partial charge in [-0.05, 0) is 31.7 Å². The van der Waals surface area contributed by atoms with Crippen LogP contribution >= 0.6 is 0 Å². The van der Waals surface area contributed by atoms with Gasteiger partial charge in [-0.25, -0.2) is 0 Å². The van der Waals surface area contributed by atoms with Crippen molar-refractivity contribution in [2.75, 3.05) is 0 Å². The van der Waals surface area contributed by atoms with Gasteiger partial charge in [0.05, 0.1) is 11.4 Å². The summed E-state index contributed by atoms with van der Waals surface area (Å²) < 4.78 is 1.91.